The lowest BCUT2D eigenvalue weighted by atomic mass is 10.1. The molecule has 0 atom stereocenters. The predicted octanol–water partition coefficient (Wildman–Crippen LogP) is 2.82. The molecule has 0 saturated carbocycles. The van der Waals surface area contributed by atoms with Crippen molar-refractivity contribution in [1.29, 1.82) is 0 Å². The fraction of sp³-hybridized carbons (Fsp3) is 0.429. The van der Waals surface area contributed by atoms with Gasteiger partial charge in [0.1, 0.15) is 5.75 Å². The summed E-state index contributed by atoms with van der Waals surface area (Å²) in [4.78, 5) is 0. The first kappa shape index (κ1) is 13.6. The Bertz CT molecular complexity index is 374. The van der Waals surface area contributed by atoms with Gasteiger partial charge < -0.3 is 15.2 Å². The highest BCUT2D eigenvalue weighted by Crippen LogP contribution is 2.15. The van der Waals surface area contributed by atoms with E-state index >= 15 is 0 Å². The standard InChI is InChI=1S/C14H21NO2/c1-11(9-14(2,3)16)10-15-12-5-7-13(17-4)8-6-12/h5-9,15-16H,10H2,1-4H3/b11-9-. The molecule has 0 aliphatic rings. The highest BCUT2D eigenvalue weighted by atomic mass is 16.5. The number of rotatable bonds is 5. The Kier molecular flexibility index (Phi) is 4.58. The molecule has 2 N–H and O–H groups in total. The number of methoxy groups -OCH3 is 1. The first-order chi connectivity index (χ1) is 7.90. The van der Waals surface area contributed by atoms with Crippen molar-refractivity contribution in [2.45, 2.75) is 26.4 Å². The highest BCUT2D eigenvalue weighted by Gasteiger charge is 2.07. The van der Waals surface area contributed by atoms with E-state index in [0.29, 0.717) is 0 Å². The van der Waals surface area contributed by atoms with Crippen LogP contribution in [0, 0.1) is 0 Å². The third-order valence-electron chi connectivity index (χ3n) is 2.26. The van der Waals surface area contributed by atoms with Gasteiger partial charge in [-0.15, -0.1) is 0 Å². The molecule has 0 spiro atoms. The van der Waals surface area contributed by atoms with Gasteiger partial charge in [0.2, 0.25) is 0 Å². The van der Waals surface area contributed by atoms with Crippen LogP contribution < -0.4 is 10.1 Å². The molecule has 0 aliphatic heterocycles. The SMILES string of the molecule is COc1ccc(NC/C(C)=C\C(C)(C)O)cc1. The minimum Gasteiger partial charge on any atom is -0.497 e. The average Bonchev–Trinajstić information content (AvgIpc) is 2.25. The zero-order valence-electron chi connectivity index (χ0n) is 10.9. The molecular weight excluding hydrogens is 214 g/mol. The summed E-state index contributed by atoms with van der Waals surface area (Å²) < 4.78 is 5.09. The number of hydrogen-bond acceptors (Lipinski definition) is 3. The quantitative estimate of drug-likeness (QED) is 0.771. The Morgan fingerprint density at radius 3 is 2.41 bits per heavy atom. The summed E-state index contributed by atoms with van der Waals surface area (Å²) in [5, 5.41) is 12.9. The van der Waals surface area contributed by atoms with Crippen LogP contribution in [-0.4, -0.2) is 24.4 Å². The van der Waals surface area contributed by atoms with Crippen LogP contribution >= 0.6 is 0 Å². The van der Waals surface area contributed by atoms with Crippen molar-refractivity contribution in [2.24, 2.45) is 0 Å². The van der Waals surface area contributed by atoms with Crippen molar-refractivity contribution in [3.8, 4) is 5.75 Å². The fourth-order valence-corrected chi connectivity index (χ4v) is 1.60. The average molecular weight is 235 g/mol. The third kappa shape index (κ3) is 5.41. The summed E-state index contributed by atoms with van der Waals surface area (Å²) in [6.45, 7) is 6.25. The Labute approximate surface area is 103 Å². The molecule has 0 heterocycles. The van der Waals surface area contributed by atoms with E-state index in [0.717, 1.165) is 23.6 Å². The lowest BCUT2D eigenvalue weighted by Crippen LogP contribution is -2.16. The van der Waals surface area contributed by atoms with Gasteiger partial charge in [-0.3, -0.25) is 0 Å². The number of benzene rings is 1. The van der Waals surface area contributed by atoms with Crippen molar-refractivity contribution < 1.29 is 9.84 Å². The molecule has 0 aliphatic carbocycles. The van der Waals surface area contributed by atoms with Crippen molar-refractivity contribution in [3.63, 3.8) is 0 Å². The van der Waals surface area contributed by atoms with E-state index in [4.69, 9.17) is 4.74 Å². The molecule has 94 valence electrons. The molecule has 3 nitrogen and oxygen atoms in total. The lowest BCUT2D eigenvalue weighted by molar-refractivity contribution is 0.132. The molecule has 0 fully saturated rings. The van der Waals surface area contributed by atoms with Crippen LogP contribution in [0.15, 0.2) is 35.9 Å². The normalized spacial score (nSPS) is 12.4. The monoisotopic (exact) mass is 235 g/mol. The van der Waals surface area contributed by atoms with Crippen LogP contribution in [0.25, 0.3) is 0 Å². The number of hydrogen-bond donors (Lipinski definition) is 2. The first-order valence-corrected chi connectivity index (χ1v) is 5.69. The van der Waals surface area contributed by atoms with E-state index in [2.05, 4.69) is 5.32 Å². The second-order valence-electron chi connectivity index (χ2n) is 4.73. The van der Waals surface area contributed by atoms with E-state index in [1.54, 1.807) is 21.0 Å². The van der Waals surface area contributed by atoms with Crippen LogP contribution in [0.4, 0.5) is 5.69 Å². The van der Waals surface area contributed by atoms with E-state index in [1.807, 2.05) is 37.3 Å². The Morgan fingerprint density at radius 2 is 1.94 bits per heavy atom. The van der Waals surface area contributed by atoms with E-state index in [1.165, 1.54) is 0 Å². The maximum Gasteiger partial charge on any atom is 0.119 e. The molecule has 0 aromatic heterocycles. The molecule has 1 rings (SSSR count). The predicted molar refractivity (Wildman–Crippen MR) is 71.5 cm³/mol. The van der Waals surface area contributed by atoms with Gasteiger partial charge in [0.05, 0.1) is 12.7 Å². The summed E-state index contributed by atoms with van der Waals surface area (Å²) in [7, 11) is 1.65. The highest BCUT2D eigenvalue weighted by molar-refractivity contribution is 5.47. The van der Waals surface area contributed by atoms with Crippen molar-refractivity contribution in [2.75, 3.05) is 19.0 Å². The zero-order chi connectivity index (χ0) is 12.9. The molecule has 0 bridgehead atoms. The Balaban J connectivity index is 2.53. The summed E-state index contributed by atoms with van der Waals surface area (Å²) in [5.74, 6) is 0.847. The van der Waals surface area contributed by atoms with E-state index in [-0.39, 0.29) is 0 Å². The molecular formula is C14H21NO2. The lowest BCUT2D eigenvalue weighted by Gasteiger charge is -2.14. The van der Waals surface area contributed by atoms with E-state index in [9.17, 15) is 5.11 Å². The number of ether oxygens (including phenoxy) is 1. The van der Waals surface area contributed by atoms with Gasteiger partial charge in [-0.2, -0.15) is 0 Å². The number of aliphatic hydroxyl groups is 1. The second-order valence-corrected chi connectivity index (χ2v) is 4.73. The summed E-state index contributed by atoms with van der Waals surface area (Å²) >= 11 is 0. The third-order valence-corrected chi connectivity index (χ3v) is 2.26. The van der Waals surface area contributed by atoms with Crippen LogP contribution in [0.2, 0.25) is 0 Å². The first-order valence-electron chi connectivity index (χ1n) is 5.69. The molecule has 17 heavy (non-hydrogen) atoms. The van der Waals surface area contributed by atoms with Crippen LogP contribution in [0.1, 0.15) is 20.8 Å². The van der Waals surface area contributed by atoms with Crippen molar-refractivity contribution >= 4 is 5.69 Å². The molecule has 3 heteroatoms. The topological polar surface area (TPSA) is 41.5 Å². The van der Waals surface area contributed by atoms with Gasteiger partial charge >= 0.3 is 0 Å². The summed E-state index contributed by atoms with van der Waals surface area (Å²) in [6, 6.07) is 7.77. The number of nitrogens with one attached hydrogen (secondary N) is 1. The minimum absolute atomic E-state index is 0.719. The summed E-state index contributed by atoms with van der Waals surface area (Å²) in [5.41, 5.74) is 1.38. The van der Waals surface area contributed by atoms with Crippen LogP contribution in [0.3, 0.4) is 0 Å². The van der Waals surface area contributed by atoms with Gasteiger partial charge in [0.25, 0.3) is 0 Å². The van der Waals surface area contributed by atoms with Gasteiger partial charge in [-0.25, -0.2) is 0 Å². The van der Waals surface area contributed by atoms with E-state index < -0.39 is 5.60 Å². The zero-order valence-corrected chi connectivity index (χ0v) is 10.9. The Morgan fingerprint density at radius 1 is 1.35 bits per heavy atom. The largest absolute Gasteiger partial charge is 0.497 e. The molecule has 1 aromatic carbocycles. The summed E-state index contributed by atoms with van der Waals surface area (Å²) in [6.07, 6.45) is 1.85. The molecule has 0 amide bonds. The van der Waals surface area contributed by atoms with Crippen LogP contribution in [0.5, 0.6) is 5.75 Å². The van der Waals surface area contributed by atoms with Gasteiger partial charge in [0.15, 0.2) is 0 Å². The van der Waals surface area contributed by atoms with Gasteiger partial charge in [0, 0.05) is 12.2 Å². The maximum absolute atomic E-state index is 9.63. The van der Waals surface area contributed by atoms with Crippen molar-refractivity contribution in [1.82, 2.24) is 0 Å². The molecule has 0 radical (unpaired) electrons. The molecule has 0 unspecified atom stereocenters. The smallest absolute Gasteiger partial charge is 0.119 e. The molecule has 1 aromatic rings. The molecule has 0 saturated heterocycles. The number of anilines is 1. The van der Waals surface area contributed by atoms with Gasteiger partial charge in [-0.1, -0.05) is 11.6 Å². The maximum atomic E-state index is 9.63. The van der Waals surface area contributed by atoms with Gasteiger partial charge in [-0.05, 0) is 45.0 Å². The van der Waals surface area contributed by atoms with Crippen LogP contribution in [-0.2, 0) is 0 Å². The fourth-order valence-electron chi connectivity index (χ4n) is 1.60. The minimum atomic E-state index is -0.758. The Hall–Kier alpha value is -1.48. The second kappa shape index (κ2) is 5.73. The van der Waals surface area contributed by atoms with Crippen molar-refractivity contribution in [3.05, 3.63) is 35.9 Å².